The second-order valence-corrected chi connectivity index (χ2v) is 32.8. The summed E-state index contributed by atoms with van der Waals surface area (Å²) < 4.78 is 6.92. The molecule has 0 aliphatic rings. The van der Waals surface area contributed by atoms with Crippen LogP contribution in [-0.4, -0.2) is 50.0 Å². The zero-order chi connectivity index (χ0) is 53.6. The lowest BCUT2D eigenvalue weighted by atomic mass is 10.00. The highest BCUT2D eigenvalue weighted by atomic mass is 28.3. The predicted molar refractivity (Wildman–Crippen MR) is 331 cm³/mol. The second kappa shape index (κ2) is 18.6. The normalized spacial score (nSPS) is 12.1. The van der Waals surface area contributed by atoms with Gasteiger partial charge in [-0.3, -0.25) is 9.13 Å². The van der Waals surface area contributed by atoms with Gasteiger partial charge in [0.05, 0.1) is 77.4 Å². The number of aromatic hydroxyl groups is 2. The third kappa shape index (κ3) is 7.99. The highest BCUT2D eigenvalue weighted by molar-refractivity contribution is 6.89. The van der Waals surface area contributed by atoms with E-state index in [4.69, 9.17) is 9.97 Å². The number of hydrogen-bond acceptors (Lipinski definition) is 4. The summed E-state index contributed by atoms with van der Waals surface area (Å²) in [6, 6.07) is 76.2. The van der Waals surface area contributed by atoms with Crippen molar-refractivity contribution >= 4 is 70.4 Å². The summed E-state index contributed by atoms with van der Waals surface area (Å²) in [5.74, 6) is 1.53. The summed E-state index contributed by atoms with van der Waals surface area (Å²) in [5.41, 5.74) is 17.2. The van der Waals surface area contributed by atoms with Crippen LogP contribution in [0, 0.1) is 6.92 Å². The number of fused-ring (bicyclic) bond motifs is 7. The van der Waals surface area contributed by atoms with Gasteiger partial charge in [0.1, 0.15) is 23.1 Å². The Bertz CT molecular complexity index is 4240. The molecule has 0 aliphatic heterocycles. The summed E-state index contributed by atoms with van der Waals surface area (Å²) in [6.07, 6.45) is 0. The van der Waals surface area contributed by atoms with Gasteiger partial charge < -0.3 is 14.8 Å². The fraction of sp³-hybridized carbons (Fsp3) is 0.101. The molecule has 0 spiro atoms. The number of phenols is 2. The molecule has 0 amide bonds. The van der Waals surface area contributed by atoms with E-state index in [1.165, 1.54) is 10.4 Å². The first kappa shape index (κ1) is 48.6. The minimum absolute atomic E-state index is 0.142. The van der Waals surface area contributed by atoms with Gasteiger partial charge in [0.25, 0.3) is 0 Å². The lowest BCUT2D eigenvalue weighted by Gasteiger charge is -2.21. The van der Waals surface area contributed by atoms with Crippen LogP contribution >= 0.6 is 0 Å². The standard InChI is InChI=1S/C69H59N5O2Si2/c1-44-22-21-31-50(45-23-11-8-12-24-45)67(44)72-57-38-40-59-65(70-68(51-29-17-19-32-61(51)75)73(59)55-36-34-48(77(2,3)4)42-53(55)46-25-13-9-14-26-46)63(57)64-58(72)39-41-60-66(64)71-69(52-30-18-20-33-62(52)76)74(60)56-37-35-49(78(5,6)7)43-54(56)47-27-15-10-16-28-47/h8-43,75-76H,1-7H3. The Hall–Kier alpha value is -9.03. The maximum atomic E-state index is 11.9. The van der Waals surface area contributed by atoms with Crippen LogP contribution in [0.4, 0.5) is 0 Å². The number of rotatable bonds is 10. The van der Waals surface area contributed by atoms with E-state index in [0.29, 0.717) is 22.8 Å². The number of imidazole rings is 2. The molecule has 0 aliphatic carbocycles. The third-order valence-electron chi connectivity index (χ3n) is 15.6. The molecule has 0 saturated carbocycles. The maximum absolute atomic E-state index is 11.9. The van der Waals surface area contributed by atoms with Crippen LogP contribution in [0.5, 0.6) is 11.5 Å². The Labute approximate surface area is 456 Å². The molecule has 9 heteroatoms. The lowest BCUT2D eigenvalue weighted by Crippen LogP contribution is -2.37. The van der Waals surface area contributed by atoms with Gasteiger partial charge in [-0.15, -0.1) is 0 Å². The van der Waals surface area contributed by atoms with Crippen molar-refractivity contribution in [2.24, 2.45) is 0 Å². The first-order valence-corrected chi connectivity index (χ1v) is 33.8. The van der Waals surface area contributed by atoms with E-state index in [-0.39, 0.29) is 11.5 Å². The molecule has 380 valence electrons. The molecule has 3 heterocycles. The molecule has 78 heavy (non-hydrogen) atoms. The molecule has 13 rings (SSSR count). The molecular formula is C69H59N5O2Si2. The number of hydrogen-bond donors (Lipinski definition) is 2. The fourth-order valence-corrected chi connectivity index (χ4v) is 13.9. The summed E-state index contributed by atoms with van der Waals surface area (Å²) in [7, 11) is -3.56. The Balaban J connectivity index is 1.23. The molecule has 0 saturated heterocycles. The third-order valence-corrected chi connectivity index (χ3v) is 19.6. The van der Waals surface area contributed by atoms with Crippen molar-refractivity contribution in [3.8, 4) is 84.7 Å². The van der Waals surface area contributed by atoms with Crippen LogP contribution in [0.1, 0.15) is 5.56 Å². The van der Waals surface area contributed by atoms with Gasteiger partial charge in [-0.2, -0.15) is 0 Å². The van der Waals surface area contributed by atoms with Crippen LogP contribution < -0.4 is 10.4 Å². The predicted octanol–water partition coefficient (Wildman–Crippen LogP) is 16.6. The van der Waals surface area contributed by atoms with Crippen molar-refractivity contribution in [2.45, 2.75) is 46.2 Å². The highest BCUT2D eigenvalue weighted by Gasteiger charge is 2.30. The molecule has 0 unspecified atom stereocenters. The van der Waals surface area contributed by atoms with Crippen LogP contribution in [0.3, 0.4) is 0 Å². The van der Waals surface area contributed by atoms with E-state index in [0.717, 1.165) is 99.9 Å². The van der Waals surface area contributed by atoms with Crippen molar-refractivity contribution in [3.05, 3.63) is 224 Å². The van der Waals surface area contributed by atoms with Gasteiger partial charge in [0.2, 0.25) is 0 Å². The number of para-hydroxylation sites is 3. The topological polar surface area (TPSA) is 81.0 Å². The minimum atomic E-state index is -1.78. The second-order valence-electron chi connectivity index (χ2n) is 22.6. The van der Waals surface area contributed by atoms with Crippen LogP contribution in [0.2, 0.25) is 39.3 Å². The quantitative estimate of drug-likeness (QED) is 0.134. The molecule has 0 bridgehead atoms. The number of phenolic OH excluding ortho intramolecular Hbond substituents is 2. The summed E-state index contributed by atoms with van der Waals surface area (Å²) in [5, 5.41) is 28.4. The van der Waals surface area contributed by atoms with E-state index >= 15 is 0 Å². The monoisotopic (exact) mass is 1050 g/mol. The Morgan fingerprint density at radius 3 is 1.13 bits per heavy atom. The van der Waals surface area contributed by atoms with E-state index in [9.17, 15) is 10.2 Å². The van der Waals surface area contributed by atoms with Gasteiger partial charge in [0, 0.05) is 27.5 Å². The Kier molecular flexibility index (Phi) is 11.6. The summed E-state index contributed by atoms with van der Waals surface area (Å²) in [4.78, 5) is 11.6. The average molecular weight is 1050 g/mol. The van der Waals surface area contributed by atoms with E-state index in [1.807, 2.05) is 36.4 Å². The first-order valence-electron chi connectivity index (χ1n) is 26.8. The smallest absolute Gasteiger partial charge is 0.149 e. The molecule has 7 nitrogen and oxygen atoms in total. The fourth-order valence-electron chi connectivity index (χ4n) is 11.6. The molecule has 0 fully saturated rings. The van der Waals surface area contributed by atoms with Crippen molar-refractivity contribution in [1.82, 2.24) is 23.7 Å². The van der Waals surface area contributed by atoms with Gasteiger partial charge in [-0.25, -0.2) is 9.97 Å². The maximum Gasteiger partial charge on any atom is 0.149 e. The van der Waals surface area contributed by atoms with Gasteiger partial charge in [-0.05, 0) is 89.8 Å². The van der Waals surface area contributed by atoms with E-state index < -0.39 is 16.1 Å². The van der Waals surface area contributed by atoms with E-state index in [2.05, 4.69) is 230 Å². The zero-order valence-electron chi connectivity index (χ0n) is 44.9. The number of nitrogens with zero attached hydrogens (tertiary/aromatic N) is 5. The Morgan fingerprint density at radius 1 is 0.346 bits per heavy atom. The highest BCUT2D eigenvalue weighted by Crippen LogP contribution is 2.47. The van der Waals surface area contributed by atoms with Crippen molar-refractivity contribution in [2.75, 3.05) is 0 Å². The number of benzene rings is 10. The van der Waals surface area contributed by atoms with Gasteiger partial charge in [0.15, 0.2) is 0 Å². The first-order chi connectivity index (χ1) is 37.7. The largest absolute Gasteiger partial charge is 0.507 e. The number of aromatic nitrogens is 5. The molecule has 10 aromatic carbocycles. The van der Waals surface area contributed by atoms with Gasteiger partial charge in [-0.1, -0.05) is 207 Å². The summed E-state index contributed by atoms with van der Waals surface area (Å²) in [6.45, 7) is 16.5. The van der Waals surface area contributed by atoms with Gasteiger partial charge >= 0.3 is 0 Å². The van der Waals surface area contributed by atoms with Crippen LogP contribution in [0.15, 0.2) is 218 Å². The average Bonchev–Trinajstić information content (AvgIpc) is 4.13. The molecular weight excluding hydrogens is 987 g/mol. The SMILES string of the molecule is Cc1cccc(-c2ccccc2)c1-n1c2ccc3c(nc(-c4ccccc4O)n3-c3ccc([Si](C)(C)C)cc3-c3ccccc3)c2c2c3nc(-c4ccccc4O)n(-c4ccc([Si](C)(C)C)cc4-c4ccccc4)c3ccc21. The molecule has 0 radical (unpaired) electrons. The minimum Gasteiger partial charge on any atom is -0.507 e. The zero-order valence-corrected chi connectivity index (χ0v) is 46.9. The molecule has 0 atom stereocenters. The molecule has 3 aromatic heterocycles. The van der Waals surface area contributed by atoms with E-state index in [1.54, 1.807) is 12.1 Å². The molecule has 2 N–H and O–H groups in total. The van der Waals surface area contributed by atoms with Crippen LogP contribution in [0.25, 0.3) is 117 Å². The lowest BCUT2D eigenvalue weighted by molar-refractivity contribution is 0.476. The summed E-state index contributed by atoms with van der Waals surface area (Å²) >= 11 is 0. The molecule has 13 aromatic rings. The number of aryl methyl sites for hydroxylation is 1. The Morgan fingerprint density at radius 2 is 0.718 bits per heavy atom. The van der Waals surface area contributed by atoms with Crippen LogP contribution in [-0.2, 0) is 0 Å². The van der Waals surface area contributed by atoms with Crippen molar-refractivity contribution in [1.29, 1.82) is 0 Å². The van der Waals surface area contributed by atoms with Crippen molar-refractivity contribution < 1.29 is 10.2 Å². The van der Waals surface area contributed by atoms with Crippen molar-refractivity contribution in [3.63, 3.8) is 0 Å².